The number of rotatable bonds is 4. The van der Waals surface area contributed by atoms with E-state index in [0.717, 1.165) is 25.1 Å². The molecule has 7 heteroatoms. The summed E-state index contributed by atoms with van der Waals surface area (Å²) in [5, 5.41) is 13.4. The zero-order chi connectivity index (χ0) is 13.3. The highest BCUT2D eigenvalue weighted by molar-refractivity contribution is 6.32. The summed E-state index contributed by atoms with van der Waals surface area (Å²) in [5.41, 5.74) is -0.206. The van der Waals surface area contributed by atoms with Gasteiger partial charge in [-0.15, -0.1) is 0 Å². The zero-order valence-electron chi connectivity index (χ0n) is 9.72. The summed E-state index contributed by atoms with van der Waals surface area (Å²) in [4.78, 5) is 25.6. The van der Waals surface area contributed by atoms with Crippen LogP contribution in [-0.2, 0) is 0 Å². The Bertz CT molecular complexity index is 502. The van der Waals surface area contributed by atoms with Gasteiger partial charge in [0.1, 0.15) is 11.3 Å². The molecule has 2 rings (SSSR count). The van der Waals surface area contributed by atoms with E-state index in [1.807, 2.05) is 6.92 Å². The first kappa shape index (κ1) is 12.8. The van der Waals surface area contributed by atoms with Crippen molar-refractivity contribution < 1.29 is 9.72 Å². The molecule has 1 amide bonds. The molecule has 1 aliphatic carbocycles. The van der Waals surface area contributed by atoms with E-state index in [-0.39, 0.29) is 22.4 Å². The van der Waals surface area contributed by atoms with Gasteiger partial charge in [0, 0.05) is 12.1 Å². The van der Waals surface area contributed by atoms with Crippen molar-refractivity contribution in [3.05, 3.63) is 33.1 Å². The monoisotopic (exact) mass is 269 g/mol. The van der Waals surface area contributed by atoms with E-state index in [1.165, 1.54) is 0 Å². The maximum Gasteiger partial charge on any atom is 0.288 e. The van der Waals surface area contributed by atoms with Crippen LogP contribution in [-0.4, -0.2) is 21.9 Å². The van der Waals surface area contributed by atoms with Gasteiger partial charge in [0.05, 0.1) is 10.5 Å². The Kier molecular flexibility index (Phi) is 3.47. The van der Waals surface area contributed by atoms with Gasteiger partial charge in [-0.2, -0.15) is 0 Å². The van der Waals surface area contributed by atoms with Crippen LogP contribution in [0.15, 0.2) is 12.3 Å². The number of nitro groups is 1. The molecule has 0 spiro atoms. The van der Waals surface area contributed by atoms with E-state index in [0.29, 0.717) is 5.92 Å². The van der Waals surface area contributed by atoms with E-state index in [9.17, 15) is 14.9 Å². The number of carbonyl (C=O) groups is 1. The Morgan fingerprint density at radius 3 is 2.89 bits per heavy atom. The van der Waals surface area contributed by atoms with Crippen LogP contribution in [0.1, 0.15) is 30.1 Å². The Morgan fingerprint density at radius 1 is 1.67 bits per heavy atom. The molecule has 1 fully saturated rings. The second-order valence-corrected chi connectivity index (χ2v) is 4.75. The lowest BCUT2D eigenvalue weighted by molar-refractivity contribution is -0.385. The Hall–Kier alpha value is -1.69. The van der Waals surface area contributed by atoms with Gasteiger partial charge in [0.15, 0.2) is 0 Å². The summed E-state index contributed by atoms with van der Waals surface area (Å²) in [6.07, 6.45) is 3.23. The SMILES string of the molecule is CC(NC(=O)c1cc([N+](=O)[O-])cnc1Cl)C1CC1. The maximum atomic E-state index is 11.9. The lowest BCUT2D eigenvalue weighted by atomic mass is 10.2. The number of amides is 1. The van der Waals surface area contributed by atoms with Crippen LogP contribution in [0, 0.1) is 16.0 Å². The first-order valence-electron chi connectivity index (χ1n) is 5.60. The average Bonchev–Trinajstić information content (AvgIpc) is 3.12. The highest BCUT2D eigenvalue weighted by atomic mass is 35.5. The van der Waals surface area contributed by atoms with Crippen molar-refractivity contribution >= 4 is 23.2 Å². The molecule has 1 heterocycles. The van der Waals surface area contributed by atoms with Crippen molar-refractivity contribution in [2.75, 3.05) is 0 Å². The minimum absolute atomic E-state index is 0.0268. The molecule has 1 saturated carbocycles. The fourth-order valence-electron chi connectivity index (χ4n) is 1.69. The molecule has 96 valence electrons. The predicted octanol–water partition coefficient (Wildman–Crippen LogP) is 2.17. The fraction of sp³-hybridized carbons (Fsp3) is 0.455. The first-order chi connectivity index (χ1) is 8.49. The lowest BCUT2D eigenvalue weighted by Gasteiger charge is -2.12. The summed E-state index contributed by atoms with van der Waals surface area (Å²) in [7, 11) is 0. The van der Waals surface area contributed by atoms with Gasteiger partial charge in [0.25, 0.3) is 11.6 Å². The van der Waals surface area contributed by atoms with E-state index in [1.54, 1.807) is 0 Å². The number of pyridine rings is 1. The van der Waals surface area contributed by atoms with E-state index in [2.05, 4.69) is 10.3 Å². The smallest absolute Gasteiger partial charge is 0.288 e. The summed E-state index contributed by atoms with van der Waals surface area (Å²) >= 11 is 5.78. The lowest BCUT2D eigenvalue weighted by Crippen LogP contribution is -2.34. The number of halogens is 1. The molecule has 18 heavy (non-hydrogen) atoms. The second-order valence-electron chi connectivity index (χ2n) is 4.39. The summed E-state index contributed by atoms with van der Waals surface area (Å²) < 4.78 is 0. The molecule has 1 aromatic rings. The fourth-order valence-corrected chi connectivity index (χ4v) is 1.88. The van der Waals surface area contributed by atoms with E-state index >= 15 is 0 Å². The Morgan fingerprint density at radius 2 is 2.33 bits per heavy atom. The molecular formula is C11H12ClN3O3. The van der Waals surface area contributed by atoms with Crippen molar-refractivity contribution in [2.24, 2.45) is 5.92 Å². The Labute approximate surface area is 109 Å². The van der Waals surface area contributed by atoms with E-state index in [4.69, 9.17) is 11.6 Å². The first-order valence-corrected chi connectivity index (χ1v) is 5.97. The zero-order valence-corrected chi connectivity index (χ0v) is 10.5. The molecule has 1 aliphatic rings. The van der Waals surface area contributed by atoms with Crippen LogP contribution in [0.5, 0.6) is 0 Å². The van der Waals surface area contributed by atoms with Gasteiger partial charge < -0.3 is 5.32 Å². The normalized spacial score (nSPS) is 16.1. The highest BCUT2D eigenvalue weighted by Crippen LogP contribution is 2.32. The Balaban J connectivity index is 2.17. The number of hydrogen-bond donors (Lipinski definition) is 1. The van der Waals surface area contributed by atoms with Gasteiger partial charge >= 0.3 is 0 Å². The van der Waals surface area contributed by atoms with Gasteiger partial charge in [-0.3, -0.25) is 14.9 Å². The number of nitrogens with one attached hydrogen (secondary N) is 1. The van der Waals surface area contributed by atoms with Crippen LogP contribution >= 0.6 is 11.6 Å². The minimum atomic E-state index is -0.607. The molecule has 0 saturated heterocycles. The molecule has 6 nitrogen and oxygen atoms in total. The third-order valence-electron chi connectivity index (χ3n) is 2.97. The van der Waals surface area contributed by atoms with E-state index < -0.39 is 10.8 Å². The molecule has 0 aromatic carbocycles. The van der Waals surface area contributed by atoms with Gasteiger partial charge in [-0.25, -0.2) is 4.98 Å². The van der Waals surface area contributed by atoms with Crippen LogP contribution in [0.3, 0.4) is 0 Å². The van der Waals surface area contributed by atoms with Crippen molar-refractivity contribution in [1.29, 1.82) is 0 Å². The van der Waals surface area contributed by atoms with Crippen LogP contribution in [0.4, 0.5) is 5.69 Å². The third-order valence-corrected chi connectivity index (χ3v) is 3.27. The minimum Gasteiger partial charge on any atom is -0.349 e. The molecule has 0 aliphatic heterocycles. The van der Waals surface area contributed by atoms with Crippen LogP contribution in [0.25, 0.3) is 0 Å². The predicted molar refractivity (Wildman–Crippen MR) is 65.6 cm³/mol. The molecular weight excluding hydrogens is 258 g/mol. The largest absolute Gasteiger partial charge is 0.349 e. The van der Waals surface area contributed by atoms with Gasteiger partial charge in [0.2, 0.25) is 0 Å². The topological polar surface area (TPSA) is 85.1 Å². The van der Waals surface area contributed by atoms with Crippen LogP contribution in [0.2, 0.25) is 5.15 Å². The summed E-state index contributed by atoms with van der Waals surface area (Å²) in [6.45, 7) is 1.91. The molecule has 1 aromatic heterocycles. The van der Waals surface area contributed by atoms with Crippen molar-refractivity contribution in [3.63, 3.8) is 0 Å². The van der Waals surface area contributed by atoms with Gasteiger partial charge in [-0.1, -0.05) is 11.6 Å². The molecule has 1 atom stereocenters. The number of nitrogens with zero attached hydrogens (tertiary/aromatic N) is 2. The molecule has 0 bridgehead atoms. The van der Waals surface area contributed by atoms with Crippen molar-refractivity contribution in [2.45, 2.75) is 25.8 Å². The third kappa shape index (κ3) is 2.76. The van der Waals surface area contributed by atoms with Gasteiger partial charge in [-0.05, 0) is 25.7 Å². The number of hydrogen-bond acceptors (Lipinski definition) is 4. The molecule has 1 N–H and O–H groups in total. The van der Waals surface area contributed by atoms with Crippen LogP contribution < -0.4 is 5.32 Å². The van der Waals surface area contributed by atoms with Crippen molar-refractivity contribution in [1.82, 2.24) is 10.3 Å². The average molecular weight is 270 g/mol. The summed E-state index contributed by atoms with van der Waals surface area (Å²) in [6, 6.07) is 1.19. The molecule has 0 radical (unpaired) electrons. The molecule has 1 unspecified atom stereocenters. The summed E-state index contributed by atoms with van der Waals surface area (Å²) in [5.74, 6) is 0.0787. The standard InChI is InChI=1S/C11H12ClN3O3/c1-6(7-2-3-7)14-11(16)9-4-8(15(17)18)5-13-10(9)12/h4-7H,2-3H2,1H3,(H,14,16). The number of carbonyl (C=O) groups excluding carboxylic acids is 1. The van der Waals surface area contributed by atoms with Crippen molar-refractivity contribution in [3.8, 4) is 0 Å². The highest BCUT2D eigenvalue weighted by Gasteiger charge is 2.29. The number of aromatic nitrogens is 1. The second kappa shape index (κ2) is 4.89. The maximum absolute atomic E-state index is 11.9. The quantitative estimate of drug-likeness (QED) is 0.516.